The average Bonchev–Trinajstić information content (AvgIpc) is 1.99. The minimum Gasteiger partial charge on any atom is -0.476 e. The highest BCUT2D eigenvalue weighted by atomic mass is 19.1. The molecule has 0 saturated carbocycles. The smallest absolute Gasteiger partial charge is 0.364 e. The first kappa shape index (κ1) is 10.1. The van der Waals surface area contributed by atoms with E-state index in [1.54, 1.807) is 0 Å². The van der Waals surface area contributed by atoms with Crippen molar-refractivity contribution in [2.45, 2.75) is 26.7 Å². The van der Waals surface area contributed by atoms with Crippen LogP contribution >= 0.6 is 0 Å². The summed E-state index contributed by atoms with van der Waals surface area (Å²) in [5, 5.41) is 8.18. The van der Waals surface area contributed by atoms with Crippen LogP contribution in [0.4, 0.5) is 4.39 Å². The van der Waals surface area contributed by atoms with Crippen molar-refractivity contribution in [1.82, 2.24) is 0 Å². The summed E-state index contributed by atoms with van der Waals surface area (Å²) in [4.78, 5) is 10.0. The van der Waals surface area contributed by atoms with Gasteiger partial charge in [-0.2, -0.15) is 4.39 Å². The molecule has 0 aromatic carbocycles. The van der Waals surface area contributed by atoms with Gasteiger partial charge in [-0.25, -0.2) is 4.79 Å². The van der Waals surface area contributed by atoms with Crippen molar-refractivity contribution in [2.75, 3.05) is 0 Å². The maximum absolute atomic E-state index is 12.4. The molecule has 1 N–H and O–H groups in total. The van der Waals surface area contributed by atoms with E-state index in [0.717, 1.165) is 12.8 Å². The molecule has 3 heteroatoms. The second-order valence-electron chi connectivity index (χ2n) is 2.40. The number of carboxylic acids is 1. The molecular weight excluding hydrogens is 147 g/mol. The van der Waals surface area contributed by atoms with Crippen LogP contribution < -0.4 is 0 Å². The Morgan fingerprint density at radius 3 is 2.27 bits per heavy atom. The monoisotopic (exact) mass is 160 g/mol. The Morgan fingerprint density at radius 1 is 1.55 bits per heavy atom. The zero-order chi connectivity index (χ0) is 8.85. The zero-order valence-corrected chi connectivity index (χ0v) is 6.80. The van der Waals surface area contributed by atoms with Crippen LogP contribution in [0.3, 0.4) is 0 Å². The second-order valence-corrected chi connectivity index (χ2v) is 2.40. The molecule has 0 aliphatic carbocycles. The molecule has 0 aromatic rings. The van der Waals surface area contributed by atoms with Crippen LogP contribution in [-0.2, 0) is 4.79 Å². The summed E-state index contributed by atoms with van der Waals surface area (Å²) in [5.41, 5.74) is 0. The molecule has 0 spiro atoms. The molecule has 0 amide bonds. The highest BCUT2D eigenvalue weighted by molar-refractivity contribution is 5.83. The first-order valence-corrected chi connectivity index (χ1v) is 3.72. The molecule has 0 bridgehead atoms. The Labute approximate surface area is 65.7 Å². The van der Waals surface area contributed by atoms with Crippen molar-refractivity contribution >= 4 is 5.97 Å². The number of carboxylic acid groups (broad SMARTS) is 1. The van der Waals surface area contributed by atoms with E-state index in [-0.39, 0.29) is 5.92 Å². The van der Waals surface area contributed by atoms with Crippen LogP contribution in [0.15, 0.2) is 11.9 Å². The Hall–Kier alpha value is -0.860. The van der Waals surface area contributed by atoms with Gasteiger partial charge in [0.1, 0.15) is 0 Å². The number of allylic oxidation sites excluding steroid dienone is 1. The van der Waals surface area contributed by atoms with E-state index in [0.29, 0.717) is 0 Å². The molecule has 0 saturated heterocycles. The third-order valence-corrected chi connectivity index (χ3v) is 1.64. The van der Waals surface area contributed by atoms with Crippen molar-refractivity contribution in [1.29, 1.82) is 0 Å². The highest BCUT2D eigenvalue weighted by Crippen LogP contribution is 2.12. The molecule has 0 fully saturated rings. The third-order valence-electron chi connectivity index (χ3n) is 1.64. The lowest BCUT2D eigenvalue weighted by Gasteiger charge is -2.03. The average molecular weight is 160 g/mol. The third kappa shape index (κ3) is 3.75. The SMILES string of the molecule is CCC(/C=C(/F)C(=O)O)CC. The summed E-state index contributed by atoms with van der Waals surface area (Å²) in [5.74, 6) is -2.47. The molecule has 0 aliphatic rings. The molecule has 0 radical (unpaired) electrons. The predicted octanol–water partition coefficient (Wildman–Crippen LogP) is 2.36. The van der Waals surface area contributed by atoms with Gasteiger partial charge < -0.3 is 5.11 Å². The van der Waals surface area contributed by atoms with E-state index in [9.17, 15) is 9.18 Å². The fourth-order valence-corrected chi connectivity index (χ4v) is 0.803. The van der Waals surface area contributed by atoms with Gasteiger partial charge in [0, 0.05) is 0 Å². The summed E-state index contributed by atoms with van der Waals surface area (Å²) in [6.07, 6.45) is 2.72. The van der Waals surface area contributed by atoms with Crippen LogP contribution in [0.2, 0.25) is 0 Å². The van der Waals surface area contributed by atoms with E-state index >= 15 is 0 Å². The molecule has 2 nitrogen and oxygen atoms in total. The molecule has 64 valence electrons. The van der Waals surface area contributed by atoms with Crippen molar-refractivity contribution in [3.05, 3.63) is 11.9 Å². The van der Waals surface area contributed by atoms with Gasteiger partial charge in [0.2, 0.25) is 5.83 Å². The first-order chi connectivity index (χ1) is 5.11. The van der Waals surface area contributed by atoms with Gasteiger partial charge in [0.05, 0.1) is 0 Å². The van der Waals surface area contributed by atoms with Gasteiger partial charge in [-0.1, -0.05) is 13.8 Å². The highest BCUT2D eigenvalue weighted by Gasteiger charge is 2.08. The largest absolute Gasteiger partial charge is 0.476 e. The van der Waals surface area contributed by atoms with E-state index < -0.39 is 11.8 Å². The summed E-state index contributed by atoms with van der Waals surface area (Å²) in [6, 6.07) is 0. The fourth-order valence-electron chi connectivity index (χ4n) is 0.803. The lowest BCUT2D eigenvalue weighted by Crippen LogP contribution is -1.99. The van der Waals surface area contributed by atoms with E-state index in [2.05, 4.69) is 0 Å². The number of hydrogen-bond donors (Lipinski definition) is 1. The molecule has 0 heterocycles. The van der Waals surface area contributed by atoms with Gasteiger partial charge in [0.15, 0.2) is 0 Å². The number of rotatable bonds is 4. The fraction of sp³-hybridized carbons (Fsp3) is 0.625. The minimum absolute atomic E-state index is 0.0473. The molecule has 11 heavy (non-hydrogen) atoms. The van der Waals surface area contributed by atoms with Crippen LogP contribution in [0.5, 0.6) is 0 Å². The van der Waals surface area contributed by atoms with Gasteiger partial charge >= 0.3 is 5.97 Å². The number of carbonyl (C=O) groups is 1. The van der Waals surface area contributed by atoms with Gasteiger partial charge in [-0.3, -0.25) is 0 Å². The Balaban J connectivity index is 4.14. The Morgan fingerprint density at radius 2 is 2.00 bits per heavy atom. The van der Waals surface area contributed by atoms with Crippen molar-refractivity contribution < 1.29 is 14.3 Å². The van der Waals surface area contributed by atoms with Gasteiger partial charge in [0.25, 0.3) is 0 Å². The Bertz CT molecular complexity index is 159. The number of hydrogen-bond acceptors (Lipinski definition) is 1. The van der Waals surface area contributed by atoms with E-state index in [1.807, 2.05) is 13.8 Å². The summed E-state index contributed by atoms with van der Waals surface area (Å²) < 4.78 is 12.4. The van der Waals surface area contributed by atoms with Crippen molar-refractivity contribution in [3.63, 3.8) is 0 Å². The van der Waals surface area contributed by atoms with Crippen LogP contribution in [0.1, 0.15) is 26.7 Å². The topological polar surface area (TPSA) is 37.3 Å². The van der Waals surface area contributed by atoms with Gasteiger partial charge in [-0.05, 0) is 24.8 Å². The van der Waals surface area contributed by atoms with E-state index in [1.165, 1.54) is 6.08 Å². The predicted molar refractivity (Wildman–Crippen MR) is 40.9 cm³/mol. The molecule has 0 atom stereocenters. The van der Waals surface area contributed by atoms with Crippen molar-refractivity contribution in [3.8, 4) is 0 Å². The second kappa shape index (κ2) is 4.88. The lowest BCUT2D eigenvalue weighted by atomic mass is 10.0. The Kier molecular flexibility index (Phi) is 4.50. The number of halogens is 1. The minimum atomic E-state index is -1.48. The molecule has 0 aliphatic heterocycles. The molecule has 0 unspecified atom stereocenters. The maximum atomic E-state index is 12.4. The van der Waals surface area contributed by atoms with E-state index in [4.69, 9.17) is 5.11 Å². The quantitative estimate of drug-likeness (QED) is 0.641. The summed E-state index contributed by atoms with van der Waals surface area (Å²) in [6.45, 7) is 3.81. The zero-order valence-electron chi connectivity index (χ0n) is 6.80. The van der Waals surface area contributed by atoms with Crippen molar-refractivity contribution in [2.24, 2.45) is 5.92 Å². The first-order valence-electron chi connectivity index (χ1n) is 3.72. The van der Waals surface area contributed by atoms with Gasteiger partial charge in [-0.15, -0.1) is 0 Å². The molecular formula is C8H13FO2. The number of aliphatic carboxylic acids is 1. The normalized spacial score (nSPS) is 12.2. The molecule has 0 rings (SSSR count). The maximum Gasteiger partial charge on any atom is 0.364 e. The summed E-state index contributed by atoms with van der Waals surface area (Å²) in [7, 11) is 0. The summed E-state index contributed by atoms with van der Waals surface area (Å²) >= 11 is 0. The lowest BCUT2D eigenvalue weighted by molar-refractivity contribution is -0.134. The standard InChI is InChI=1S/C8H13FO2/c1-3-6(4-2)5-7(9)8(10)11/h5-6H,3-4H2,1-2H3,(H,10,11)/b7-5+. The van der Waals surface area contributed by atoms with Crippen LogP contribution in [0, 0.1) is 5.92 Å². The molecule has 0 aromatic heterocycles. The van der Waals surface area contributed by atoms with Crippen LogP contribution in [-0.4, -0.2) is 11.1 Å². The van der Waals surface area contributed by atoms with Crippen LogP contribution in [0.25, 0.3) is 0 Å².